The van der Waals surface area contributed by atoms with Gasteiger partial charge in [-0.15, -0.1) is 0 Å². The van der Waals surface area contributed by atoms with Gasteiger partial charge in [0.2, 0.25) is 0 Å². The monoisotopic (exact) mass is 670 g/mol. The smallest absolute Gasteiger partial charge is 0.316 e. The van der Waals surface area contributed by atoms with Gasteiger partial charge in [0, 0.05) is 24.8 Å². The highest BCUT2D eigenvalue weighted by atomic mass is 28.4. The van der Waals surface area contributed by atoms with Crippen LogP contribution in [0.15, 0.2) is 47.1 Å². The number of rotatable bonds is 4. The van der Waals surface area contributed by atoms with Crippen LogP contribution in [0.25, 0.3) is 0 Å². The van der Waals surface area contributed by atoms with Gasteiger partial charge in [0.15, 0.2) is 14.1 Å². The molecule has 0 amide bonds. The van der Waals surface area contributed by atoms with Crippen LogP contribution in [0.2, 0.25) is 18.1 Å². The maximum absolute atomic E-state index is 14.4. The molecular weight excluding hydrogens is 612 g/mol. The van der Waals surface area contributed by atoms with Crippen molar-refractivity contribution in [2.45, 2.75) is 153 Å². The summed E-state index contributed by atoms with van der Waals surface area (Å²) in [5.74, 6) is -1.87. The third kappa shape index (κ3) is 7.36. The summed E-state index contributed by atoms with van der Waals surface area (Å²) in [5.41, 5.74) is 0.414. The first-order valence-electron chi connectivity index (χ1n) is 17.8. The third-order valence-corrected chi connectivity index (χ3v) is 16.1. The van der Waals surface area contributed by atoms with Crippen LogP contribution in [-0.2, 0) is 33.0 Å². The second-order valence-corrected chi connectivity index (χ2v) is 21.1. The average Bonchev–Trinajstić information content (AvgIpc) is 3.32. The summed E-state index contributed by atoms with van der Waals surface area (Å²) >= 11 is 0. The number of aldehydes is 1. The number of fused-ring (bicyclic) bond motifs is 2. The minimum absolute atomic E-state index is 0.0701. The van der Waals surface area contributed by atoms with Crippen molar-refractivity contribution in [2.24, 2.45) is 17.8 Å². The fraction of sp³-hybridized carbons (Fsp3) is 0.737. The van der Waals surface area contributed by atoms with Gasteiger partial charge in [-0.3, -0.25) is 9.59 Å². The average molecular weight is 671 g/mol. The van der Waals surface area contributed by atoms with Crippen molar-refractivity contribution in [1.82, 2.24) is 0 Å². The topological polar surface area (TPSA) is 101 Å². The van der Waals surface area contributed by atoms with Crippen LogP contribution in [0.3, 0.4) is 0 Å². The molecule has 0 aromatic rings. The van der Waals surface area contributed by atoms with E-state index in [1.165, 1.54) is 5.57 Å². The van der Waals surface area contributed by atoms with Crippen molar-refractivity contribution in [2.75, 3.05) is 6.61 Å². The lowest BCUT2D eigenvalue weighted by atomic mass is 9.70. The van der Waals surface area contributed by atoms with E-state index in [0.717, 1.165) is 32.0 Å². The van der Waals surface area contributed by atoms with E-state index in [4.69, 9.17) is 23.4 Å². The zero-order chi connectivity index (χ0) is 34.4. The zero-order valence-corrected chi connectivity index (χ0v) is 31.0. The SMILES string of the molecule is CC[C@H]1O[C@]2(CC[C@@H]1C)C[C@@H]1C[C@@H](C/C=C(\C)C[C@@H](C)/C=C/C=C3\CO[C@@H]4[C@H](O[Si](C)(C)C(C)(C)C)C(C=O)=C[C@@H](C(=O)O1)[C@]34O)O2. The Hall–Kier alpha value is -1.88. The van der Waals surface area contributed by atoms with Crippen LogP contribution in [0, 0.1) is 17.8 Å². The van der Waals surface area contributed by atoms with Crippen molar-refractivity contribution in [3.05, 3.63) is 47.1 Å². The zero-order valence-electron chi connectivity index (χ0n) is 30.0. The van der Waals surface area contributed by atoms with Crippen molar-refractivity contribution >= 4 is 20.6 Å². The number of allylic oxidation sites excluding steroid dienone is 4. The molecule has 5 aliphatic rings. The molecule has 9 heteroatoms. The Balaban J connectivity index is 1.56. The molecule has 4 heterocycles. The lowest BCUT2D eigenvalue weighted by Gasteiger charge is -2.50. The quantitative estimate of drug-likeness (QED) is 0.146. The predicted molar refractivity (Wildman–Crippen MR) is 184 cm³/mol. The van der Waals surface area contributed by atoms with E-state index in [1.807, 2.05) is 12.2 Å². The van der Waals surface area contributed by atoms with Gasteiger partial charge >= 0.3 is 5.97 Å². The van der Waals surface area contributed by atoms with Crippen LogP contribution in [0.5, 0.6) is 0 Å². The van der Waals surface area contributed by atoms with E-state index in [9.17, 15) is 14.7 Å². The summed E-state index contributed by atoms with van der Waals surface area (Å²) in [6.07, 6.45) is 13.3. The summed E-state index contributed by atoms with van der Waals surface area (Å²) in [5, 5.41) is 12.6. The molecule has 0 saturated carbocycles. The Morgan fingerprint density at radius 3 is 2.60 bits per heavy atom. The third-order valence-electron chi connectivity index (χ3n) is 11.6. The van der Waals surface area contributed by atoms with Gasteiger partial charge in [0.05, 0.1) is 18.8 Å². The molecule has 1 aliphatic carbocycles. The van der Waals surface area contributed by atoms with Gasteiger partial charge in [0.25, 0.3) is 0 Å². The second kappa shape index (κ2) is 13.8. The number of ether oxygens (including phenoxy) is 4. The van der Waals surface area contributed by atoms with E-state index in [1.54, 1.807) is 6.08 Å². The van der Waals surface area contributed by atoms with Crippen LogP contribution >= 0.6 is 0 Å². The van der Waals surface area contributed by atoms with Crippen molar-refractivity contribution < 1.29 is 38.1 Å². The number of carbonyl (C=O) groups is 2. The molecule has 3 saturated heterocycles. The minimum Gasteiger partial charge on any atom is -0.462 e. The molecule has 0 aromatic carbocycles. The molecule has 1 spiro atoms. The Morgan fingerprint density at radius 1 is 1.17 bits per heavy atom. The molecule has 8 nitrogen and oxygen atoms in total. The molecule has 5 rings (SSSR count). The van der Waals surface area contributed by atoms with Gasteiger partial charge in [-0.25, -0.2) is 0 Å². The Bertz CT molecular complexity index is 1310. The summed E-state index contributed by atoms with van der Waals surface area (Å²) in [4.78, 5) is 27.0. The molecular formula is C38H58O8Si. The summed E-state index contributed by atoms with van der Waals surface area (Å²) < 4.78 is 32.9. The first-order valence-corrected chi connectivity index (χ1v) is 20.7. The molecule has 10 atom stereocenters. The van der Waals surface area contributed by atoms with Crippen molar-refractivity contribution in [3.63, 3.8) is 0 Å². The minimum atomic E-state index is -2.42. The molecule has 47 heavy (non-hydrogen) atoms. The van der Waals surface area contributed by atoms with Crippen LogP contribution < -0.4 is 0 Å². The lowest BCUT2D eigenvalue weighted by molar-refractivity contribution is -0.335. The standard InChI is InChI=1S/C38H58O8Si/c1-10-32-26(4)16-17-37(45-32)21-30-20-29(44-37)15-14-25(3)18-24(2)12-11-13-28-23-42-34-33(46-47(8,9)36(5,6)7)27(22-39)19-31(35(40)43-30)38(28,34)41/h11-14,19,22,24,26,29-34,41H,10,15-18,20-21,23H2,1-9H3/b12-11+,25-14+,28-13+/t24-,26-,29+,30-,31-,32+,33+,34+,37+,38+/m0/s1. The number of carbonyl (C=O) groups excluding carboxylic acids is 2. The van der Waals surface area contributed by atoms with E-state index >= 15 is 0 Å². The van der Waals surface area contributed by atoms with E-state index in [-0.39, 0.29) is 29.8 Å². The summed E-state index contributed by atoms with van der Waals surface area (Å²) in [6.45, 7) is 19.4. The number of aliphatic hydroxyl groups is 1. The Labute approximate surface area is 283 Å². The Morgan fingerprint density at radius 2 is 1.91 bits per heavy atom. The number of hydrogen-bond acceptors (Lipinski definition) is 8. The molecule has 262 valence electrons. The first kappa shape index (κ1) is 36.4. The highest BCUT2D eigenvalue weighted by molar-refractivity contribution is 6.74. The Kier molecular flexibility index (Phi) is 10.7. The second-order valence-electron chi connectivity index (χ2n) is 16.4. The summed E-state index contributed by atoms with van der Waals surface area (Å²) in [6, 6.07) is 0. The largest absolute Gasteiger partial charge is 0.462 e. The van der Waals surface area contributed by atoms with E-state index in [0.29, 0.717) is 36.3 Å². The maximum atomic E-state index is 14.4. The van der Waals surface area contributed by atoms with Gasteiger partial charge in [-0.05, 0) is 68.1 Å². The normalized spacial score (nSPS) is 43.1. The van der Waals surface area contributed by atoms with Gasteiger partial charge < -0.3 is 28.5 Å². The number of hydrogen-bond donors (Lipinski definition) is 1. The molecule has 0 aromatic heterocycles. The van der Waals surface area contributed by atoms with Crippen LogP contribution in [-0.4, -0.2) is 74.2 Å². The van der Waals surface area contributed by atoms with E-state index in [2.05, 4.69) is 73.7 Å². The highest BCUT2D eigenvalue weighted by Crippen LogP contribution is 2.49. The van der Waals surface area contributed by atoms with Crippen molar-refractivity contribution in [3.8, 4) is 0 Å². The fourth-order valence-corrected chi connectivity index (χ4v) is 9.05. The summed E-state index contributed by atoms with van der Waals surface area (Å²) in [7, 11) is -2.42. The van der Waals surface area contributed by atoms with E-state index < -0.39 is 49.9 Å². The van der Waals surface area contributed by atoms with Gasteiger partial charge in [0.1, 0.15) is 36.1 Å². The first-order chi connectivity index (χ1) is 22.0. The lowest BCUT2D eigenvalue weighted by Crippen LogP contribution is -2.61. The molecule has 3 fully saturated rings. The van der Waals surface area contributed by atoms with Gasteiger partial charge in [-0.2, -0.15) is 0 Å². The maximum Gasteiger partial charge on any atom is 0.316 e. The predicted octanol–water partition coefficient (Wildman–Crippen LogP) is 7.13. The highest BCUT2D eigenvalue weighted by Gasteiger charge is 2.62. The number of esters is 1. The molecule has 1 N–H and O–H groups in total. The van der Waals surface area contributed by atoms with Crippen molar-refractivity contribution in [1.29, 1.82) is 0 Å². The van der Waals surface area contributed by atoms with Crippen LogP contribution in [0.4, 0.5) is 0 Å². The fourth-order valence-electron chi connectivity index (χ4n) is 7.80. The molecule has 4 aliphatic heterocycles. The molecule has 2 bridgehead atoms. The molecule has 0 unspecified atom stereocenters. The van der Waals surface area contributed by atoms with Crippen LogP contribution in [0.1, 0.15) is 93.4 Å². The molecule has 0 radical (unpaired) electrons. The van der Waals surface area contributed by atoms with Gasteiger partial charge in [-0.1, -0.05) is 77.5 Å².